The molecule has 19 heavy (non-hydrogen) atoms. The third kappa shape index (κ3) is 2.57. The molecule has 1 fully saturated rings. The van der Waals surface area contributed by atoms with Crippen LogP contribution in [0.15, 0.2) is 6.20 Å². The molecule has 3 atom stereocenters. The molecule has 2 N–H and O–H groups in total. The van der Waals surface area contributed by atoms with Gasteiger partial charge in [0.25, 0.3) is 0 Å². The van der Waals surface area contributed by atoms with Gasteiger partial charge in [-0.2, -0.15) is 5.10 Å². The quantitative estimate of drug-likeness (QED) is 0.673. The average Bonchev–Trinajstić information content (AvgIpc) is 2.70. The molecule has 2 rings (SSSR count). The van der Waals surface area contributed by atoms with Gasteiger partial charge in [-0.3, -0.25) is 10.1 Å². The number of rotatable bonds is 3. The van der Waals surface area contributed by atoms with Crippen LogP contribution in [-0.4, -0.2) is 14.7 Å². The van der Waals surface area contributed by atoms with Crippen LogP contribution in [0, 0.1) is 27.9 Å². The molecule has 3 unspecified atom stereocenters. The molecule has 0 bridgehead atoms. The molecule has 6 heteroatoms. The second-order valence-corrected chi connectivity index (χ2v) is 6.01. The van der Waals surface area contributed by atoms with E-state index in [0.717, 1.165) is 12.8 Å². The zero-order chi connectivity index (χ0) is 14.2. The van der Waals surface area contributed by atoms with Gasteiger partial charge in [-0.25, -0.2) is 4.68 Å². The molecule has 0 radical (unpaired) electrons. The van der Waals surface area contributed by atoms with Crippen molar-refractivity contribution in [2.45, 2.75) is 46.1 Å². The van der Waals surface area contributed by atoms with E-state index >= 15 is 0 Å². The molecular formula is C13H22N4O2. The summed E-state index contributed by atoms with van der Waals surface area (Å²) in [6, 6.07) is 0.178. The Bertz CT molecular complexity index is 469. The number of nitrogen functional groups attached to an aromatic ring is 1. The molecule has 106 valence electrons. The molecule has 1 saturated carbocycles. The molecule has 1 aromatic heterocycles. The first-order chi connectivity index (χ1) is 8.91. The highest BCUT2D eigenvalue weighted by atomic mass is 16.6. The van der Waals surface area contributed by atoms with E-state index in [2.05, 4.69) is 25.9 Å². The van der Waals surface area contributed by atoms with Crippen LogP contribution in [0.25, 0.3) is 0 Å². The van der Waals surface area contributed by atoms with E-state index in [-0.39, 0.29) is 17.5 Å². The first-order valence-electron chi connectivity index (χ1n) is 6.89. The minimum atomic E-state index is -0.463. The lowest BCUT2D eigenvalue weighted by molar-refractivity contribution is -0.384. The summed E-state index contributed by atoms with van der Waals surface area (Å²) >= 11 is 0. The van der Waals surface area contributed by atoms with Crippen LogP contribution in [-0.2, 0) is 0 Å². The summed E-state index contributed by atoms with van der Waals surface area (Å²) < 4.78 is 1.68. The lowest BCUT2D eigenvalue weighted by Gasteiger charge is -2.37. The number of nitro groups is 1. The van der Waals surface area contributed by atoms with Gasteiger partial charge in [0.05, 0.1) is 11.0 Å². The summed E-state index contributed by atoms with van der Waals surface area (Å²) in [6.07, 6.45) is 4.61. The number of nitrogens with two attached hydrogens (primary N) is 1. The van der Waals surface area contributed by atoms with Gasteiger partial charge in [0.15, 0.2) is 0 Å². The Morgan fingerprint density at radius 2 is 2.21 bits per heavy atom. The molecule has 0 spiro atoms. The smallest absolute Gasteiger partial charge is 0.330 e. The predicted octanol–water partition coefficient (Wildman–Crippen LogP) is 3.01. The Balaban J connectivity index is 2.34. The molecule has 0 aliphatic heterocycles. The Morgan fingerprint density at radius 3 is 2.74 bits per heavy atom. The number of hydrogen-bond acceptors (Lipinski definition) is 4. The minimum absolute atomic E-state index is 0.0827. The second-order valence-electron chi connectivity index (χ2n) is 6.01. The first kappa shape index (κ1) is 13.8. The van der Waals surface area contributed by atoms with Gasteiger partial charge in [-0.1, -0.05) is 27.2 Å². The highest BCUT2D eigenvalue weighted by Crippen LogP contribution is 2.42. The molecule has 1 aliphatic carbocycles. The largest absolute Gasteiger partial charge is 0.378 e. The number of nitrogens with zero attached hydrogens (tertiary/aromatic N) is 3. The summed E-state index contributed by atoms with van der Waals surface area (Å²) in [6.45, 7) is 6.61. The fourth-order valence-corrected chi connectivity index (χ4v) is 3.20. The summed E-state index contributed by atoms with van der Waals surface area (Å²) in [5, 5.41) is 15.0. The maximum absolute atomic E-state index is 10.9. The standard InChI is InChI=1S/C13H22N4O2/c1-8(2)10-5-4-9(3)6-11(10)16-13(14)12(7-15-16)17(18)19/h7-11H,4-6,14H2,1-3H3. The fraction of sp³-hybridized carbons (Fsp3) is 0.769. The van der Waals surface area contributed by atoms with Crippen molar-refractivity contribution in [2.75, 3.05) is 5.73 Å². The van der Waals surface area contributed by atoms with Gasteiger partial charge >= 0.3 is 5.69 Å². The van der Waals surface area contributed by atoms with Crippen LogP contribution < -0.4 is 5.73 Å². The van der Waals surface area contributed by atoms with E-state index in [1.165, 1.54) is 12.6 Å². The highest BCUT2D eigenvalue weighted by Gasteiger charge is 2.35. The molecule has 1 aromatic rings. The van der Waals surface area contributed by atoms with Gasteiger partial charge in [0, 0.05) is 0 Å². The van der Waals surface area contributed by atoms with Gasteiger partial charge < -0.3 is 5.73 Å². The monoisotopic (exact) mass is 266 g/mol. The highest BCUT2D eigenvalue weighted by molar-refractivity contribution is 5.51. The Hall–Kier alpha value is -1.59. The molecular weight excluding hydrogens is 244 g/mol. The predicted molar refractivity (Wildman–Crippen MR) is 73.7 cm³/mol. The molecule has 1 heterocycles. The SMILES string of the molecule is CC1CCC(C(C)C)C(n2ncc([N+](=O)[O-])c2N)C1. The van der Waals surface area contributed by atoms with Crippen LogP contribution in [0.5, 0.6) is 0 Å². The first-order valence-corrected chi connectivity index (χ1v) is 6.89. The van der Waals surface area contributed by atoms with Crippen LogP contribution >= 0.6 is 0 Å². The van der Waals surface area contributed by atoms with Crippen LogP contribution in [0.3, 0.4) is 0 Å². The second kappa shape index (κ2) is 5.19. The van der Waals surface area contributed by atoms with Crippen molar-refractivity contribution in [3.8, 4) is 0 Å². The van der Waals surface area contributed by atoms with Crippen molar-refractivity contribution in [3.05, 3.63) is 16.3 Å². The van der Waals surface area contributed by atoms with E-state index in [9.17, 15) is 10.1 Å². The van der Waals surface area contributed by atoms with Crippen LogP contribution in [0.4, 0.5) is 11.5 Å². The Kier molecular flexibility index (Phi) is 3.78. The number of anilines is 1. The molecule has 1 aliphatic rings. The van der Waals surface area contributed by atoms with Gasteiger partial charge in [0.1, 0.15) is 6.20 Å². The molecule has 6 nitrogen and oxygen atoms in total. The number of hydrogen-bond donors (Lipinski definition) is 1. The topological polar surface area (TPSA) is 87.0 Å². The average molecular weight is 266 g/mol. The van der Waals surface area contributed by atoms with Crippen molar-refractivity contribution in [3.63, 3.8) is 0 Å². The van der Waals surface area contributed by atoms with Gasteiger partial charge in [-0.05, 0) is 30.6 Å². The van der Waals surface area contributed by atoms with Crippen molar-refractivity contribution < 1.29 is 4.92 Å². The molecule has 0 aromatic carbocycles. The van der Waals surface area contributed by atoms with E-state index in [4.69, 9.17) is 5.73 Å². The summed E-state index contributed by atoms with van der Waals surface area (Å²) in [4.78, 5) is 10.4. The van der Waals surface area contributed by atoms with Crippen molar-refractivity contribution >= 4 is 11.5 Å². The fourth-order valence-electron chi connectivity index (χ4n) is 3.20. The van der Waals surface area contributed by atoms with Crippen molar-refractivity contribution in [1.82, 2.24) is 9.78 Å². The van der Waals surface area contributed by atoms with Crippen molar-refractivity contribution in [1.29, 1.82) is 0 Å². The third-order valence-electron chi connectivity index (χ3n) is 4.31. The summed E-state index contributed by atoms with van der Waals surface area (Å²) in [7, 11) is 0. The van der Waals surface area contributed by atoms with Crippen LogP contribution in [0.2, 0.25) is 0 Å². The maximum atomic E-state index is 10.9. The van der Waals surface area contributed by atoms with E-state index in [1.54, 1.807) is 4.68 Å². The van der Waals surface area contributed by atoms with Gasteiger partial charge in [-0.15, -0.1) is 0 Å². The molecule has 0 amide bonds. The minimum Gasteiger partial charge on any atom is -0.378 e. The van der Waals surface area contributed by atoms with Gasteiger partial charge in [0.2, 0.25) is 5.82 Å². The van der Waals surface area contributed by atoms with Crippen molar-refractivity contribution in [2.24, 2.45) is 17.8 Å². The molecule has 0 saturated heterocycles. The lowest BCUT2D eigenvalue weighted by atomic mass is 9.74. The van der Waals surface area contributed by atoms with E-state index in [1.807, 2.05) is 0 Å². The Labute approximate surface area is 113 Å². The summed E-state index contributed by atoms with van der Waals surface area (Å²) in [5.74, 6) is 1.82. The zero-order valence-corrected chi connectivity index (χ0v) is 11.7. The normalized spacial score (nSPS) is 27.7. The summed E-state index contributed by atoms with van der Waals surface area (Å²) in [5.41, 5.74) is 5.82. The van der Waals surface area contributed by atoms with E-state index < -0.39 is 4.92 Å². The maximum Gasteiger partial charge on any atom is 0.330 e. The van der Waals surface area contributed by atoms with E-state index in [0.29, 0.717) is 17.8 Å². The Morgan fingerprint density at radius 1 is 1.53 bits per heavy atom. The zero-order valence-electron chi connectivity index (χ0n) is 11.7. The lowest BCUT2D eigenvalue weighted by Crippen LogP contribution is -2.31. The number of aromatic nitrogens is 2. The van der Waals surface area contributed by atoms with Crippen LogP contribution in [0.1, 0.15) is 46.1 Å². The third-order valence-corrected chi connectivity index (χ3v) is 4.31.